The lowest BCUT2D eigenvalue weighted by molar-refractivity contribution is -0.228. The van der Waals surface area contributed by atoms with Crippen molar-refractivity contribution in [3.63, 3.8) is 0 Å². The number of carbonyl (C=O) groups excluding carboxylic acids is 1. The minimum absolute atomic E-state index is 0.0526. The maximum Gasteiger partial charge on any atom is 0.138 e. The van der Waals surface area contributed by atoms with Crippen molar-refractivity contribution in [2.45, 2.75) is 118 Å². The molecule has 0 aliphatic heterocycles. The summed E-state index contributed by atoms with van der Waals surface area (Å²) in [5, 5.41) is 22.8. The van der Waals surface area contributed by atoms with Crippen LogP contribution < -0.4 is 0 Å². The van der Waals surface area contributed by atoms with Crippen LogP contribution in [-0.4, -0.2) is 28.2 Å². The molecule has 0 aromatic carbocycles. The van der Waals surface area contributed by atoms with Crippen molar-refractivity contribution in [3.8, 4) is 0 Å². The van der Waals surface area contributed by atoms with E-state index in [0.29, 0.717) is 24.0 Å². The van der Waals surface area contributed by atoms with Gasteiger partial charge >= 0.3 is 0 Å². The zero-order valence-corrected chi connectivity index (χ0v) is 21.7. The highest BCUT2D eigenvalue weighted by molar-refractivity contribution is 5.85. The van der Waals surface area contributed by atoms with E-state index in [1.165, 1.54) is 5.57 Å². The van der Waals surface area contributed by atoms with E-state index in [9.17, 15) is 15.0 Å². The van der Waals surface area contributed by atoms with Gasteiger partial charge < -0.3 is 10.2 Å². The first-order valence-corrected chi connectivity index (χ1v) is 13.3. The van der Waals surface area contributed by atoms with Crippen molar-refractivity contribution in [2.75, 3.05) is 0 Å². The SMILES string of the molecule is CC(C)=CCC[C@H](O)C1CC[C@]2(C)C1[C@H](O)CC1[C@@]3(C)CCC(=O)C(C)(C)C3CC[C@]12C. The third kappa shape index (κ3) is 3.31. The van der Waals surface area contributed by atoms with Crippen LogP contribution in [0.4, 0.5) is 0 Å². The Hall–Kier alpha value is -0.670. The third-order valence-corrected chi connectivity index (χ3v) is 11.7. The van der Waals surface area contributed by atoms with Gasteiger partial charge in [-0.25, -0.2) is 0 Å². The van der Waals surface area contributed by atoms with Crippen LogP contribution in [0.2, 0.25) is 0 Å². The van der Waals surface area contributed by atoms with Gasteiger partial charge in [0, 0.05) is 11.8 Å². The van der Waals surface area contributed by atoms with Crippen molar-refractivity contribution in [1.82, 2.24) is 0 Å². The van der Waals surface area contributed by atoms with E-state index in [4.69, 9.17) is 0 Å². The molecule has 9 atom stereocenters. The Balaban J connectivity index is 1.64. The summed E-state index contributed by atoms with van der Waals surface area (Å²) in [6, 6.07) is 0. The van der Waals surface area contributed by atoms with Crippen molar-refractivity contribution < 1.29 is 15.0 Å². The van der Waals surface area contributed by atoms with Gasteiger partial charge in [-0.05, 0) is 105 Å². The number of rotatable bonds is 4. The molecule has 0 saturated heterocycles. The van der Waals surface area contributed by atoms with Crippen LogP contribution in [0.1, 0.15) is 106 Å². The smallest absolute Gasteiger partial charge is 0.138 e. The Kier molecular flexibility index (Phi) is 6.07. The van der Waals surface area contributed by atoms with Crippen molar-refractivity contribution in [2.24, 2.45) is 45.3 Å². The molecule has 0 radical (unpaired) electrons. The van der Waals surface area contributed by atoms with Gasteiger partial charge in [0.05, 0.1) is 12.2 Å². The molecule has 4 fully saturated rings. The quantitative estimate of drug-likeness (QED) is 0.499. The third-order valence-electron chi connectivity index (χ3n) is 11.7. The molecule has 0 aromatic heterocycles. The van der Waals surface area contributed by atoms with Crippen LogP contribution in [0.3, 0.4) is 0 Å². The zero-order valence-electron chi connectivity index (χ0n) is 21.7. The molecular formula is C29H48O3. The molecule has 0 bridgehead atoms. The van der Waals surface area contributed by atoms with E-state index < -0.39 is 0 Å². The van der Waals surface area contributed by atoms with Crippen LogP contribution in [-0.2, 0) is 4.79 Å². The second kappa shape index (κ2) is 7.94. The Morgan fingerprint density at radius 2 is 1.69 bits per heavy atom. The van der Waals surface area contributed by atoms with Crippen LogP contribution in [0, 0.1) is 45.3 Å². The average molecular weight is 445 g/mol. The maximum absolute atomic E-state index is 12.8. The molecule has 182 valence electrons. The number of hydrogen-bond acceptors (Lipinski definition) is 3. The minimum atomic E-state index is -0.347. The average Bonchev–Trinajstić information content (AvgIpc) is 3.07. The number of Topliss-reactive ketones (excluding diaryl/α,β-unsaturated/α-hetero) is 1. The highest BCUT2D eigenvalue weighted by Gasteiger charge is 2.70. The second-order valence-electron chi connectivity index (χ2n) is 13.6. The largest absolute Gasteiger partial charge is 0.393 e. The standard InChI is InChI=1S/C29H48O3/c1-18(2)9-8-10-20(30)19-11-15-29(7)25(19)21(31)17-23-27(5)14-13-24(32)26(3,4)22(27)12-16-28(23,29)6/h9,19-23,25,30-31H,8,10-17H2,1-7H3/t19?,20-,21+,22?,23?,25?,27-,28+,29+/m0/s1. The van der Waals surface area contributed by atoms with Crippen molar-refractivity contribution in [1.29, 1.82) is 0 Å². The molecule has 4 saturated carbocycles. The summed E-state index contributed by atoms with van der Waals surface area (Å²) in [6.07, 6.45) is 10.2. The van der Waals surface area contributed by atoms with Gasteiger partial charge in [0.1, 0.15) is 5.78 Å². The number of carbonyl (C=O) groups is 1. The normalized spacial score (nSPS) is 48.4. The van der Waals surface area contributed by atoms with E-state index in [0.717, 1.165) is 51.4 Å². The van der Waals surface area contributed by atoms with Crippen LogP contribution in [0.25, 0.3) is 0 Å². The number of allylic oxidation sites excluding steroid dienone is 2. The first kappa shape index (κ1) is 24.5. The number of aliphatic hydroxyl groups excluding tert-OH is 2. The molecule has 4 aliphatic rings. The molecule has 4 unspecified atom stereocenters. The summed E-state index contributed by atoms with van der Waals surface area (Å²) < 4.78 is 0. The molecule has 3 heteroatoms. The van der Waals surface area contributed by atoms with Gasteiger partial charge in [-0.2, -0.15) is 0 Å². The number of fused-ring (bicyclic) bond motifs is 5. The Bertz CT molecular complexity index is 779. The van der Waals surface area contributed by atoms with Gasteiger partial charge in [0.25, 0.3) is 0 Å². The number of aliphatic hydroxyl groups is 2. The fourth-order valence-corrected chi connectivity index (χ4v) is 9.80. The summed E-state index contributed by atoms with van der Waals surface area (Å²) in [5.74, 6) is 1.67. The van der Waals surface area contributed by atoms with E-state index >= 15 is 0 Å². The van der Waals surface area contributed by atoms with Crippen LogP contribution >= 0.6 is 0 Å². The summed E-state index contributed by atoms with van der Waals surface area (Å²) in [4.78, 5) is 12.8. The minimum Gasteiger partial charge on any atom is -0.393 e. The van der Waals surface area contributed by atoms with Crippen LogP contribution in [0.15, 0.2) is 11.6 Å². The van der Waals surface area contributed by atoms with Gasteiger partial charge in [-0.1, -0.05) is 46.3 Å². The van der Waals surface area contributed by atoms with E-state index in [-0.39, 0.29) is 45.7 Å². The van der Waals surface area contributed by atoms with E-state index in [1.807, 2.05) is 0 Å². The molecule has 0 aromatic rings. The molecule has 2 N–H and O–H groups in total. The Morgan fingerprint density at radius 1 is 1.03 bits per heavy atom. The Labute approximate surface area is 196 Å². The summed E-state index contributed by atoms with van der Waals surface area (Å²) in [6.45, 7) is 16.0. The maximum atomic E-state index is 12.8. The number of ketones is 1. The lowest BCUT2D eigenvalue weighted by Crippen LogP contribution is -2.65. The molecule has 0 heterocycles. The predicted octanol–water partition coefficient (Wildman–Crippen LogP) is 6.32. The Morgan fingerprint density at radius 3 is 2.34 bits per heavy atom. The lowest BCUT2D eigenvalue weighted by Gasteiger charge is -2.69. The molecule has 3 nitrogen and oxygen atoms in total. The van der Waals surface area contributed by atoms with E-state index in [1.54, 1.807) is 0 Å². The molecule has 4 rings (SSSR count). The topological polar surface area (TPSA) is 57.5 Å². The molecule has 0 amide bonds. The van der Waals surface area contributed by atoms with Gasteiger partial charge in [-0.3, -0.25) is 4.79 Å². The molecule has 4 aliphatic carbocycles. The predicted molar refractivity (Wildman–Crippen MR) is 130 cm³/mol. The summed E-state index contributed by atoms with van der Waals surface area (Å²) >= 11 is 0. The summed E-state index contributed by atoms with van der Waals surface area (Å²) in [7, 11) is 0. The van der Waals surface area contributed by atoms with Crippen molar-refractivity contribution in [3.05, 3.63) is 11.6 Å². The van der Waals surface area contributed by atoms with Gasteiger partial charge in [0.2, 0.25) is 0 Å². The first-order chi connectivity index (χ1) is 14.8. The van der Waals surface area contributed by atoms with Crippen LogP contribution in [0.5, 0.6) is 0 Å². The van der Waals surface area contributed by atoms with Gasteiger partial charge in [0.15, 0.2) is 0 Å². The fourth-order valence-electron chi connectivity index (χ4n) is 9.80. The molecule has 0 spiro atoms. The first-order valence-electron chi connectivity index (χ1n) is 13.3. The molecular weight excluding hydrogens is 396 g/mol. The molecule has 32 heavy (non-hydrogen) atoms. The zero-order chi connectivity index (χ0) is 23.7. The summed E-state index contributed by atoms with van der Waals surface area (Å²) in [5.41, 5.74) is 1.38. The van der Waals surface area contributed by atoms with Crippen molar-refractivity contribution >= 4 is 5.78 Å². The number of hydrogen-bond donors (Lipinski definition) is 2. The highest BCUT2D eigenvalue weighted by Crippen LogP contribution is 2.75. The van der Waals surface area contributed by atoms with E-state index in [2.05, 4.69) is 54.5 Å². The fraction of sp³-hybridized carbons (Fsp3) is 0.897. The lowest BCUT2D eigenvalue weighted by atomic mass is 9.35. The highest BCUT2D eigenvalue weighted by atomic mass is 16.3. The van der Waals surface area contributed by atoms with Gasteiger partial charge in [-0.15, -0.1) is 0 Å². The second-order valence-corrected chi connectivity index (χ2v) is 13.6. The monoisotopic (exact) mass is 444 g/mol.